The molecule has 186 valence electrons. The molecule has 0 aromatic carbocycles. The maximum absolute atomic E-state index is 14.2. The molecule has 2 saturated carbocycles. The fourth-order valence-electron chi connectivity index (χ4n) is 6.38. The molecule has 2 amide bonds. The van der Waals surface area contributed by atoms with Crippen LogP contribution in [0.25, 0.3) is 0 Å². The van der Waals surface area contributed by atoms with E-state index in [9.17, 15) is 22.4 Å². The van der Waals surface area contributed by atoms with E-state index in [-0.39, 0.29) is 22.7 Å². The average molecular weight is 491 g/mol. The van der Waals surface area contributed by atoms with Crippen molar-refractivity contribution < 1.29 is 22.4 Å². The lowest BCUT2D eigenvalue weighted by atomic mass is 9.57. The summed E-state index contributed by atoms with van der Waals surface area (Å²) in [4.78, 5) is 25.3. The van der Waals surface area contributed by atoms with Gasteiger partial charge < -0.3 is 19.7 Å². The van der Waals surface area contributed by atoms with Crippen molar-refractivity contribution in [2.75, 3.05) is 44.2 Å². The van der Waals surface area contributed by atoms with Gasteiger partial charge in [0.2, 0.25) is 0 Å². The minimum Gasteiger partial charge on any atom is -0.353 e. The van der Waals surface area contributed by atoms with Gasteiger partial charge in [0.25, 0.3) is 0 Å². The highest BCUT2D eigenvalue weighted by molar-refractivity contribution is 5.77. The molecule has 12 heteroatoms. The summed E-state index contributed by atoms with van der Waals surface area (Å²) in [6.45, 7) is 3.66. The fraction of sp³-hybridized carbons (Fsp3) is 0.652. The number of rotatable bonds is 3. The van der Waals surface area contributed by atoms with Crippen molar-refractivity contribution in [3.8, 4) is 0 Å². The molecule has 0 radical (unpaired) electrons. The van der Waals surface area contributed by atoms with E-state index in [0.717, 1.165) is 37.6 Å². The van der Waals surface area contributed by atoms with E-state index in [0.29, 0.717) is 50.3 Å². The smallest absolute Gasteiger partial charge is 0.353 e. The SMILES string of the molecule is O=C(N1CC2(CC(c3nnc(C4CC4)[nH]3)C2)C1)N1CC2(C1)CN(c1ncc(C(F)(F)F)cc1F)C2. The number of alkyl halides is 3. The van der Waals surface area contributed by atoms with Crippen LogP contribution >= 0.6 is 0 Å². The third kappa shape index (κ3) is 3.39. The van der Waals surface area contributed by atoms with Crippen molar-refractivity contribution >= 4 is 11.8 Å². The summed E-state index contributed by atoms with van der Waals surface area (Å²) in [6, 6.07) is 0.529. The molecule has 2 aliphatic carbocycles. The van der Waals surface area contributed by atoms with Crippen molar-refractivity contribution in [1.82, 2.24) is 30.0 Å². The van der Waals surface area contributed by atoms with E-state index in [1.54, 1.807) is 4.90 Å². The van der Waals surface area contributed by atoms with Gasteiger partial charge in [-0.05, 0) is 31.7 Å². The summed E-state index contributed by atoms with van der Waals surface area (Å²) in [5.41, 5.74) is -1.01. The Balaban J connectivity index is 0.878. The normalized spacial score (nSPS) is 24.7. The molecule has 2 aromatic rings. The Morgan fingerprint density at radius 2 is 1.54 bits per heavy atom. The summed E-state index contributed by atoms with van der Waals surface area (Å²) >= 11 is 0. The Labute approximate surface area is 198 Å². The van der Waals surface area contributed by atoms with E-state index in [4.69, 9.17) is 0 Å². The number of urea groups is 1. The van der Waals surface area contributed by atoms with E-state index in [1.807, 2.05) is 9.80 Å². The number of carbonyl (C=O) groups is 1. The van der Waals surface area contributed by atoms with Gasteiger partial charge >= 0.3 is 12.2 Å². The molecule has 35 heavy (non-hydrogen) atoms. The third-order valence-electron chi connectivity index (χ3n) is 8.38. The molecule has 8 nitrogen and oxygen atoms in total. The number of aromatic amines is 1. The largest absolute Gasteiger partial charge is 0.417 e. The molecule has 5 fully saturated rings. The van der Waals surface area contributed by atoms with Gasteiger partial charge in [-0.1, -0.05) is 0 Å². The average Bonchev–Trinajstić information content (AvgIpc) is 3.42. The monoisotopic (exact) mass is 491 g/mol. The minimum atomic E-state index is -4.62. The van der Waals surface area contributed by atoms with Crippen LogP contribution < -0.4 is 4.90 Å². The van der Waals surface area contributed by atoms with Gasteiger partial charge in [-0.2, -0.15) is 13.2 Å². The van der Waals surface area contributed by atoms with Gasteiger partial charge in [0.05, 0.1) is 5.56 Å². The predicted octanol–water partition coefficient (Wildman–Crippen LogP) is 3.36. The Bertz CT molecular complexity index is 1180. The summed E-state index contributed by atoms with van der Waals surface area (Å²) < 4.78 is 52.4. The van der Waals surface area contributed by atoms with Crippen LogP contribution in [0.4, 0.5) is 28.2 Å². The topological polar surface area (TPSA) is 81.2 Å². The molecule has 3 saturated heterocycles. The Morgan fingerprint density at radius 1 is 0.943 bits per heavy atom. The molecular weight excluding hydrogens is 466 g/mol. The van der Waals surface area contributed by atoms with E-state index in [1.165, 1.54) is 12.8 Å². The molecule has 0 unspecified atom stereocenters. The lowest BCUT2D eigenvalue weighted by Crippen LogP contribution is -2.76. The second kappa shape index (κ2) is 6.85. The van der Waals surface area contributed by atoms with Crippen molar-refractivity contribution in [2.45, 2.75) is 43.7 Å². The number of anilines is 1. The van der Waals surface area contributed by atoms with Crippen molar-refractivity contribution in [1.29, 1.82) is 0 Å². The van der Waals surface area contributed by atoms with Crippen LogP contribution in [0.2, 0.25) is 0 Å². The molecule has 2 aromatic heterocycles. The quantitative estimate of drug-likeness (QED) is 0.666. The molecule has 5 aliphatic rings. The number of likely N-dealkylation sites (tertiary alicyclic amines) is 2. The maximum Gasteiger partial charge on any atom is 0.417 e. The summed E-state index contributed by atoms with van der Waals surface area (Å²) in [5.74, 6) is 1.94. The molecule has 5 heterocycles. The first-order valence-electron chi connectivity index (χ1n) is 12.1. The fourth-order valence-corrected chi connectivity index (χ4v) is 6.38. The van der Waals surface area contributed by atoms with Crippen LogP contribution in [0.5, 0.6) is 0 Å². The summed E-state index contributed by atoms with van der Waals surface area (Å²) in [7, 11) is 0. The highest BCUT2D eigenvalue weighted by Crippen LogP contribution is 2.56. The van der Waals surface area contributed by atoms with Crippen molar-refractivity contribution in [3.05, 3.63) is 35.3 Å². The zero-order valence-corrected chi connectivity index (χ0v) is 19.0. The van der Waals surface area contributed by atoms with Crippen molar-refractivity contribution in [3.63, 3.8) is 0 Å². The number of nitrogens with zero attached hydrogens (tertiary/aromatic N) is 6. The van der Waals surface area contributed by atoms with E-state index < -0.39 is 17.6 Å². The molecule has 0 bridgehead atoms. The Morgan fingerprint density at radius 3 is 2.11 bits per heavy atom. The zero-order chi connectivity index (χ0) is 24.2. The van der Waals surface area contributed by atoms with Gasteiger partial charge in [-0.3, -0.25) is 0 Å². The number of carbonyl (C=O) groups excluding carboxylic acids is 1. The first kappa shape index (κ1) is 21.4. The third-order valence-corrected chi connectivity index (χ3v) is 8.38. The number of amides is 2. The second-order valence-corrected chi connectivity index (χ2v) is 11.4. The Hall–Kier alpha value is -2.92. The number of hydrogen-bond acceptors (Lipinski definition) is 5. The van der Waals surface area contributed by atoms with Crippen LogP contribution in [0.1, 0.15) is 54.7 Å². The lowest BCUT2D eigenvalue weighted by Gasteiger charge is -2.63. The standard InChI is InChI=1S/C23H25F4N7O/c24-16-3-15(23(25,26)27)6-28-19(16)32-9-22(10-32)11-34(12-22)20(35)33-7-21(8-33)4-14(5-21)18-29-17(30-31-18)13-1-2-13/h3,6,13-14H,1-2,4-5,7-12H2,(H,29,30,31). The molecular formula is C23H25F4N7O. The number of halogens is 4. The van der Waals surface area contributed by atoms with Crippen LogP contribution in [0, 0.1) is 16.6 Å². The van der Waals surface area contributed by atoms with Crippen LogP contribution in [0.3, 0.4) is 0 Å². The maximum atomic E-state index is 14.2. The predicted molar refractivity (Wildman–Crippen MR) is 115 cm³/mol. The van der Waals surface area contributed by atoms with E-state index >= 15 is 0 Å². The highest BCUT2D eigenvalue weighted by Gasteiger charge is 2.59. The van der Waals surface area contributed by atoms with Gasteiger partial charge in [0.15, 0.2) is 11.6 Å². The van der Waals surface area contributed by atoms with Crippen LogP contribution in [-0.2, 0) is 6.18 Å². The number of nitrogens with one attached hydrogen (secondary N) is 1. The van der Waals surface area contributed by atoms with Crippen molar-refractivity contribution in [2.24, 2.45) is 10.8 Å². The molecule has 2 spiro atoms. The first-order valence-corrected chi connectivity index (χ1v) is 12.1. The second-order valence-electron chi connectivity index (χ2n) is 11.4. The highest BCUT2D eigenvalue weighted by atomic mass is 19.4. The van der Waals surface area contributed by atoms with Crippen LogP contribution in [-0.4, -0.2) is 75.3 Å². The van der Waals surface area contributed by atoms with Gasteiger partial charge in [-0.15, -0.1) is 10.2 Å². The summed E-state index contributed by atoms with van der Waals surface area (Å²) in [6.07, 6.45) is 0.487. The zero-order valence-electron chi connectivity index (χ0n) is 19.0. The Kier molecular flexibility index (Phi) is 4.18. The lowest BCUT2D eigenvalue weighted by molar-refractivity contribution is -0.138. The number of H-pyrrole nitrogens is 1. The van der Waals surface area contributed by atoms with Gasteiger partial charge in [0.1, 0.15) is 11.6 Å². The number of pyridine rings is 1. The van der Waals surface area contributed by atoms with Crippen LogP contribution in [0.15, 0.2) is 12.3 Å². The number of hydrogen-bond donors (Lipinski definition) is 1. The van der Waals surface area contributed by atoms with E-state index in [2.05, 4.69) is 20.2 Å². The number of aromatic nitrogens is 4. The minimum absolute atomic E-state index is 0.0395. The molecule has 1 N–H and O–H groups in total. The first-order chi connectivity index (χ1) is 16.6. The molecule has 3 aliphatic heterocycles. The summed E-state index contributed by atoms with van der Waals surface area (Å²) in [5, 5.41) is 8.61. The van der Waals surface area contributed by atoms with Gasteiger partial charge in [-0.25, -0.2) is 14.2 Å². The molecule has 0 atom stereocenters. The molecule has 7 rings (SSSR count). The van der Waals surface area contributed by atoms with Gasteiger partial charge in [0, 0.05) is 68.1 Å².